The lowest BCUT2D eigenvalue weighted by molar-refractivity contribution is -0.155. The second kappa shape index (κ2) is 19.3. The van der Waals surface area contributed by atoms with Crippen LogP contribution >= 0.6 is 11.3 Å². The zero-order valence-electron chi connectivity index (χ0n) is 38.2. The molecule has 5 atom stereocenters. The minimum Gasteiger partial charge on any atom is -0.464 e. The number of ether oxygens (including phenoxy) is 2. The molecule has 0 radical (unpaired) electrons. The quantitative estimate of drug-likeness (QED) is 0.160. The molecule has 7 rings (SSSR count). The third kappa shape index (κ3) is 9.47. The van der Waals surface area contributed by atoms with Gasteiger partial charge in [-0.2, -0.15) is 0 Å². The monoisotopic (exact) mass is 895 g/mol. The molecule has 0 aliphatic carbocycles. The van der Waals surface area contributed by atoms with Crippen molar-refractivity contribution in [2.45, 2.75) is 104 Å². The van der Waals surface area contributed by atoms with Gasteiger partial charge in [0, 0.05) is 86.5 Å². The van der Waals surface area contributed by atoms with Crippen LogP contribution in [0.4, 0.5) is 0 Å². The minimum absolute atomic E-state index is 0.0467. The first kappa shape index (κ1) is 46.5. The summed E-state index contributed by atoms with van der Waals surface area (Å²) in [4.78, 5) is 86.8. The number of hydrogen-bond acceptors (Lipinski definition) is 12. The molecule has 16 nitrogen and oxygen atoms in total. The van der Waals surface area contributed by atoms with Crippen LogP contribution in [-0.4, -0.2) is 122 Å². The van der Waals surface area contributed by atoms with Gasteiger partial charge in [0.2, 0.25) is 17.7 Å². The van der Waals surface area contributed by atoms with Gasteiger partial charge in [-0.1, -0.05) is 34.3 Å². The average molecular weight is 896 g/mol. The number of nitrogens with zero attached hydrogens (tertiary/aromatic N) is 7. The number of nitrogens with one attached hydrogen (secondary N) is 2. The molecule has 342 valence electrons. The van der Waals surface area contributed by atoms with Crippen molar-refractivity contribution >= 4 is 52.0 Å². The average Bonchev–Trinajstić information content (AvgIpc) is 4.05. The third-order valence-corrected chi connectivity index (χ3v) is 13.6. The summed E-state index contributed by atoms with van der Waals surface area (Å²) in [6.07, 6.45) is 6.59. The van der Waals surface area contributed by atoms with Gasteiger partial charge in [0.1, 0.15) is 28.8 Å². The largest absolute Gasteiger partial charge is 0.464 e. The fraction of sp³-hybridized carbons (Fsp3) is 0.532. The molecule has 64 heavy (non-hydrogen) atoms. The highest BCUT2D eigenvalue weighted by atomic mass is 32.1. The van der Waals surface area contributed by atoms with Crippen LogP contribution in [0, 0.1) is 17.3 Å². The summed E-state index contributed by atoms with van der Waals surface area (Å²) in [7, 11) is 3.26. The van der Waals surface area contributed by atoms with Crippen LogP contribution in [0.15, 0.2) is 48.6 Å². The Morgan fingerprint density at radius 1 is 1.17 bits per heavy atom. The smallest absolute Gasteiger partial charge is 0.324 e. The van der Waals surface area contributed by atoms with E-state index in [1.807, 2.05) is 38.4 Å². The number of aryl methyl sites for hydroxylation is 1. The molecule has 0 spiro atoms. The van der Waals surface area contributed by atoms with Crippen LogP contribution in [0.25, 0.3) is 32.9 Å². The number of esters is 1. The highest BCUT2D eigenvalue weighted by Gasteiger charge is 2.40. The van der Waals surface area contributed by atoms with Gasteiger partial charge >= 0.3 is 5.97 Å². The van der Waals surface area contributed by atoms with Gasteiger partial charge in [0.25, 0.3) is 5.91 Å². The molecular formula is C47H61N9O7S. The minimum atomic E-state index is -1.10. The second-order valence-electron chi connectivity index (χ2n) is 18.3. The SMILES string of the molecule is C=CC(=O)N1CCC(C(=O)N(C)[C@H](C(=O)N[C@H]2Cc3csc(n3)-c3cnc4c(c3)c(c(-c3cccnc3[C@H](C)OC)n4CC)CC(C)(C)COC(=O)[C@@H]3CCCN(N3)C2=O)C(C)C)C1. The first-order valence-corrected chi connectivity index (χ1v) is 23.1. The molecule has 2 N–H and O–H groups in total. The predicted molar refractivity (Wildman–Crippen MR) is 243 cm³/mol. The highest BCUT2D eigenvalue weighted by Crippen LogP contribution is 2.41. The topological polar surface area (TPSA) is 181 Å². The highest BCUT2D eigenvalue weighted by molar-refractivity contribution is 7.13. The number of cyclic esters (lactones) is 1. The molecular weight excluding hydrogens is 835 g/mol. The number of fused-ring (bicyclic) bond motifs is 6. The maximum atomic E-state index is 14.6. The van der Waals surface area contributed by atoms with Crippen molar-refractivity contribution in [3.05, 3.63) is 65.6 Å². The third-order valence-electron chi connectivity index (χ3n) is 12.7. The van der Waals surface area contributed by atoms with Crippen molar-refractivity contribution in [2.75, 3.05) is 40.4 Å². The number of methoxy groups -OCH3 is 1. The molecule has 0 saturated carbocycles. The van der Waals surface area contributed by atoms with Crippen LogP contribution in [0.3, 0.4) is 0 Å². The van der Waals surface area contributed by atoms with Crippen LogP contribution in [0.1, 0.15) is 83.9 Å². The molecule has 6 bridgehead atoms. The Morgan fingerprint density at radius 2 is 1.95 bits per heavy atom. The normalized spacial score (nSPS) is 21.3. The number of amides is 4. The number of rotatable bonds is 10. The van der Waals surface area contributed by atoms with E-state index < -0.39 is 47.2 Å². The summed E-state index contributed by atoms with van der Waals surface area (Å²) in [5.74, 6) is -2.69. The number of hydrazine groups is 1. The number of carbonyl (C=O) groups is 5. The zero-order valence-corrected chi connectivity index (χ0v) is 39.0. The standard InChI is InChI=1S/C47H61N9O7S/c1-10-37(57)54-19-16-29(24-54)44(59)53(8)39(27(3)4)42(58)51-36-21-31-25-64-43(50-31)30-20-33-34(22-47(6,7)26-63-46(61)35-15-13-18-56(52-35)45(36)60)40(55(11-2)41(33)49-23-30)32-14-12-17-48-38(32)28(5)62-9/h10,12,14,17,20,23,25,27-29,35-36,39,52H,1,11,13,15-16,18-19,21-22,24,26H2,2-9H3,(H,51,58)/t28-,29?,35-,36-,39-/m0/s1. The Labute approximate surface area is 378 Å². The Bertz CT molecular complexity index is 2430. The van der Waals surface area contributed by atoms with Crippen LogP contribution in [0.2, 0.25) is 0 Å². The van der Waals surface area contributed by atoms with E-state index in [2.05, 4.69) is 54.8 Å². The maximum absolute atomic E-state index is 14.6. The molecule has 3 aliphatic heterocycles. The van der Waals surface area contributed by atoms with Gasteiger partial charge in [0.05, 0.1) is 35.7 Å². The van der Waals surface area contributed by atoms with Crippen molar-refractivity contribution in [3.63, 3.8) is 0 Å². The van der Waals surface area contributed by atoms with Gasteiger partial charge in [0.15, 0.2) is 0 Å². The summed E-state index contributed by atoms with van der Waals surface area (Å²) < 4.78 is 14.1. The summed E-state index contributed by atoms with van der Waals surface area (Å²) in [5.41, 5.74) is 8.51. The molecule has 7 heterocycles. The molecule has 0 aromatic carbocycles. The van der Waals surface area contributed by atoms with Gasteiger partial charge in [-0.25, -0.2) is 15.4 Å². The van der Waals surface area contributed by atoms with Crippen LogP contribution < -0.4 is 10.7 Å². The van der Waals surface area contributed by atoms with Crippen molar-refractivity contribution in [2.24, 2.45) is 17.3 Å². The molecule has 4 aromatic rings. The molecule has 2 fully saturated rings. The Morgan fingerprint density at radius 3 is 2.67 bits per heavy atom. The van der Waals surface area contributed by atoms with E-state index in [1.165, 1.54) is 27.3 Å². The van der Waals surface area contributed by atoms with Crippen molar-refractivity contribution in [3.8, 4) is 21.8 Å². The van der Waals surface area contributed by atoms with Crippen molar-refractivity contribution in [1.82, 2.24) is 45.1 Å². The lowest BCUT2D eigenvalue weighted by Gasteiger charge is -2.37. The molecule has 3 aliphatic rings. The first-order chi connectivity index (χ1) is 30.5. The van der Waals surface area contributed by atoms with Gasteiger partial charge < -0.3 is 29.2 Å². The number of aromatic nitrogens is 4. The lowest BCUT2D eigenvalue weighted by Crippen LogP contribution is -2.62. The lowest BCUT2D eigenvalue weighted by atomic mass is 9.84. The van der Waals surface area contributed by atoms with Gasteiger partial charge in [-0.3, -0.25) is 34.0 Å². The number of likely N-dealkylation sites (tertiary alicyclic amines) is 1. The molecule has 4 aromatic heterocycles. The first-order valence-electron chi connectivity index (χ1n) is 22.2. The van der Waals surface area contributed by atoms with Crippen molar-refractivity contribution in [1.29, 1.82) is 0 Å². The van der Waals surface area contributed by atoms with Gasteiger partial charge in [-0.05, 0) is 75.3 Å². The Hall–Kier alpha value is -5.52. The summed E-state index contributed by atoms with van der Waals surface area (Å²) in [6.45, 7) is 17.2. The van der Waals surface area contributed by atoms with E-state index in [-0.39, 0.29) is 43.4 Å². The molecule has 4 amide bonds. The summed E-state index contributed by atoms with van der Waals surface area (Å²) in [6, 6.07) is 3.29. The van der Waals surface area contributed by atoms with Crippen molar-refractivity contribution < 1.29 is 33.4 Å². The number of likely N-dealkylation sites (N-methyl/N-ethyl adjacent to an activating group) is 1. The number of pyridine rings is 2. The summed E-state index contributed by atoms with van der Waals surface area (Å²) in [5, 5.41) is 7.93. The predicted octanol–water partition coefficient (Wildman–Crippen LogP) is 5.12. The molecule has 1 unspecified atom stereocenters. The molecule has 2 saturated heterocycles. The van der Waals surface area contributed by atoms with E-state index in [9.17, 15) is 24.0 Å². The Balaban J connectivity index is 1.27. The van der Waals surface area contributed by atoms with Gasteiger partial charge in [-0.15, -0.1) is 11.3 Å². The second-order valence-corrected chi connectivity index (χ2v) is 19.1. The molecule has 17 heteroatoms. The summed E-state index contributed by atoms with van der Waals surface area (Å²) >= 11 is 1.42. The fourth-order valence-electron chi connectivity index (χ4n) is 9.30. The number of hydrogen-bond donors (Lipinski definition) is 2. The number of carbonyl (C=O) groups excluding carboxylic acids is 5. The fourth-order valence-corrected chi connectivity index (χ4v) is 10.1. The number of thiazole rings is 1. The Kier molecular flexibility index (Phi) is 14.0. The van der Waals surface area contributed by atoms with Crippen LogP contribution in [-0.2, 0) is 52.8 Å². The van der Waals surface area contributed by atoms with Crippen LogP contribution in [0.5, 0.6) is 0 Å². The van der Waals surface area contributed by atoms with E-state index in [1.54, 1.807) is 25.3 Å². The van der Waals surface area contributed by atoms with E-state index >= 15 is 0 Å². The van der Waals surface area contributed by atoms with E-state index in [0.29, 0.717) is 56.0 Å². The van der Waals surface area contributed by atoms with E-state index in [4.69, 9.17) is 24.4 Å². The maximum Gasteiger partial charge on any atom is 0.324 e. The zero-order chi connectivity index (χ0) is 46.0. The van der Waals surface area contributed by atoms with E-state index in [0.717, 1.165) is 39.1 Å².